The minimum absolute atomic E-state index is 0.0330. The summed E-state index contributed by atoms with van der Waals surface area (Å²) in [6.45, 7) is 1.80. The summed E-state index contributed by atoms with van der Waals surface area (Å²) in [5.41, 5.74) is 0. The highest BCUT2D eigenvalue weighted by molar-refractivity contribution is 7.94. The van der Waals surface area contributed by atoms with Crippen LogP contribution >= 0.6 is 12.0 Å². The smallest absolute Gasteiger partial charge is 0.289 e. The van der Waals surface area contributed by atoms with Gasteiger partial charge in [-0.05, 0) is 19.0 Å². The molecule has 78 valence electrons. The summed E-state index contributed by atoms with van der Waals surface area (Å²) in [6, 6.07) is 0. The van der Waals surface area contributed by atoms with Gasteiger partial charge in [-0.3, -0.25) is 4.55 Å². The van der Waals surface area contributed by atoms with Crippen molar-refractivity contribution in [3.8, 4) is 0 Å². The Labute approximate surface area is 81.7 Å². The number of hydrogen-bond donors (Lipinski definition) is 2. The van der Waals surface area contributed by atoms with E-state index in [1.54, 1.807) is 19.1 Å². The van der Waals surface area contributed by atoms with Crippen LogP contribution in [0.4, 0.5) is 0 Å². The van der Waals surface area contributed by atoms with Crippen molar-refractivity contribution in [2.24, 2.45) is 0 Å². The molecule has 0 aliphatic heterocycles. The summed E-state index contributed by atoms with van der Waals surface area (Å²) in [7, 11) is -4.08. The zero-order valence-corrected chi connectivity index (χ0v) is 8.71. The maximum absolute atomic E-state index is 10.2. The fraction of sp³-hybridized carbons (Fsp3) is 0.667. The van der Waals surface area contributed by atoms with Gasteiger partial charge in [0, 0.05) is 0 Å². The first kappa shape index (κ1) is 12.9. The third-order valence-corrected chi connectivity index (χ3v) is 2.09. The van der Waals surface area contributed by atoms with Crippen molar-refractivity contribution < 1.29 is 22.3 Å². The highest BCUT2D eigenvalue weighted by Gasteiger charge is 2.08. The molecule has 0 bridgehead atoms. The molecule has 0 aliphatic rings. The zero-order valence-electron chi connectivity index (χ0n) is 7.08. The monoisotopic (exact) mass is 228 g/mol. The Morgan fingerprint density at radius 3 is 2.62 bits per heavy atom. The number of allylic oxidation sites excluding steroid dienone is 1. The second-order valence-corrected chi connectivity index (χ2v) is 4.46. The minimum atomic E-state index is -4.08. The molecular weight excluding hydrogens is 216 g/mol. The van der Waals surface area contributed by atoms with Crippen LogP contribution in [0.15, 0.2) is 12.2 Å². The fourth-order valence-electron chi connectivity index (χ4n) is 0.605. The molecule has 0 heterocycles. The van der Waals surface area contributed by atoms with E-state index < -0.39 is 16.1 Å². The normalized spacial score (nSPS) is 15.0. The SMILES string of the molecule is C/C=C\C(COCS(=O)(=O)O)SO. The molecule has 0 amide bonds. The van der Waals surface area contributed by atoms with E-state index in [1.165, 1.54) is 0 Å². The van der Waals surface area contributed by atoms with Gasteiger partial charge in [0.05, 0.1) is 11.9 Å². The third-order valence-electron chi connectivity index (χ3n) is 1.06. The summed E-state index contributed by atoms with van der Waals surface area (Å²) in [6.07, 6.45) is 3.37. The Kier molecular flexibility index (Phi) is 6.35. The van der Waals surface area contributed by atoms with Crippen LogP contribution in [-0.4, -0.2) is 35.3 Å². The van der Waals surface area contributed by atoms with Crippen molar-refractivity contribution in [3.63, 3.8) is 0 Å². The van der Waals surface area contributed by atoms with Crippen LogP contribution in [0.3, 0.4) is 0 Å². The molecule has 2 N–H and O–H groups in total. The highest BCUT2D eigenvalue weighted by Crippen LogP contribution is 2.08. The molecule has 0 aromatic carbocycles. The lowest BCUT2D eigenvalue weighted by Crippen LogP contribution is -2.14. The molecule has 5 nitrogen and oxygen atoms in total. The largest absolute Gasteiger partial charge is 0.361 e. The van der Waals surface area contributed by atoms with E-state index in [-0.39, 0.29) is 11.9 Å². The highest BCUT2D eigenvalue weighted by atomic mass is 32.2. The van der Waals surface area contributed by atoms with Crippen LogP contribution in [0.1, 0.15) is 6.92 Å². The van der Waals surface area contributed by atoms with Crippen LogP contribution in [0, 0.1) is 0 Å². The summed E-state index contributed by atoms with van der Waals surface area (Å²) >= 11 is 0.557. The predicted octanol–water partition coefficient (Wildman–Crippen LogP) is 0.999. The summed E-state index contributed by atoms with van der Waals surface area (Å²) in [5, 5.41) is -0.313. The molecular formula is C6H12O5S2. The van der Waals surface area contributed by atoms with Gasteiger partial charge in [-0.2, -0.15) is 8.42 Å². The van der Waals surface area contributed by atoms with E-state index in [9.17, 15) is 8.42 Å². The van der Waals surface area contributed by atoms with E-state index in [2.05, 4.69) is 4.74 Å². The van der Waals surface area contributed by atoms with E-state index in [0.717, 1.165) is 0 Å². The van der Waals surface area contributed by atoms with Crippen molar-refractivity contribution in [2.75, 3.05) is 12.5 Å². The van der Waals surface area contributed by atoms with Crippen LogP contribution in [-0.2, 0) is 14.9 Å². The van der Waals surface area contributed by atoms with Crippen molar-refractivity contribution >= 4 is 22.2 Å². The lowest BCUT2D eigenvalue weighted by molar-refractivity contribution is 0.177. The predicted molar refractivity (Wildman–Crippen MR) is 51.2 cm³/mol. The number of hydrogen-bond acceptors (Lipinski definition) is 5. The van der Waals surface area contributed by atoms with Gasteiger partial charge in [0.1, 0.15) is 0 Å². The quantitative estimate of drug-likeness (QED) is 0.401. The Morgan fingerprint density at radius 2 is 2.23 bits per heavy atom. The average molecular weight is 228 g/mol. The molecule has 0 saturated heterocycles. The van der Waals surface area contributed by atoms with Crippen molar-refractivity contribution in [1.29, 1.82) is 0 Å². The Hall–Kier alpha value is -0.0800. The molecule has 7 heteroatoms. The van der Waals surface area contributed by atoms with E-state index in [0.29, 0.717) is 12.0 Å². The lowest BCUT2D eigenvalue weighted by Gasteiger charge is -2.07. The van der Waals surface area contributed by atoms with E-state index >= 15 is 0 Å². The van der Waals surface area contributed by atoms with Gasteiger partial charge in [0.25, 0.3) is 10.1 Å². The maximum Gasteiger partial charge on any atom is 0.289 e. The molecule has 0 aromatic rings. The molecule has 1 unspecified atom stereocenters. The summed E-state index contributed by atoms with van der Waals surface area (Å²) < 4.78 is 42.0. The van der Waals surface area contributed by atoms with Crippen LogP contribution in [0.5, 0.6) is 0 Å². The molecule has 13 heavy (non-hydrogen) atoms. The van der Waals surface area contributed by atoms with E-state index in [4.69, 9.17) is 9.11 Å². The summed E-state index contributed by atoms with van der Waals surface area (Å²) in [4.78, 5) is 0. The number of ether oxygens (including phenoxy) is 1. The molecule has 0 aliphatic carbocycles. The topological polar surface area (TPSA) is 83.8 Å². The molecule has 0 aromatic heterocycles. The molecule has 1 atom stereocenters. The zero-order chi connectivity index (χ0) is 10.3. The summed E-state index contributed by atoms with van der Waals surface area (Å²) in [5.74, 6) is -0.748. The first-order valence-electron chi connectivity index (χ1n) is 3.45. The molecule has 0 fully saturated rings. The molecule has 0 spiro atoms. The lowest BCUT2D eigenvalue weighted by atomic mass is 10.4. The molecule has 0 rings (SSSR count). The van der Waals surface area contributed by atoms with Gasteiger partial charge < -0.3 is 9.29 Å². The Balaban J connectivity index is 3.74. The minimum Gasteiger partial charge on any atom is -0.361 e. The van der Waals surface area contributed by atoms with Gasteiger partial charge in [-0.25, -0.2) is 0 Å². The third kappa shape index (κ3) is 8.26. The van der Waals surface area contributed by atoms with Crippen molar-refractivity contribution in [3.05, 3.63) is 12.2 Å². The van der Waals surface area contributed by atoms with Gasteiger partial charge in [0.2, 0.25) is 0 Å². The Morgan fingerprint density at radius 1 is 1.62 bits per heavy atom. The van der Waals surface area contributed by atoms with Gasteiger partial charge in [-0.1, -0.05) is 12.2 Å². The van der Waals surface area contributed by atoms with Crippen LogP contribution in [0.2, 0.25) is 0 Å². The van der Waals surface area contributed by atoms with Gasteiger partial charge in [0.15, 0.2) is 5.94 Å². The maximum atomic E-state index is 10.2. The van der Waals surface area contributed by atoms with Gasteiger partial charge in [-0.15, -0.1) is 0 Å². The van der Waals surface area contributed by atoms with Crippen molar-refractivity contribution in [1.82, 2.24) is 0 Å². The fourth-order valence-corrected chi connectivity index (χ4v) is 1.30. The first-order chi connectivity index (χ1) is 5.99. The van der Waals surface area contributed by atoms with E-state index in [1.807, 2.05) is 0 Å². The van der Waals surface area contributed by atoms with Crippen molar-refractivity contribution in [2.45, 2.75) is 12.2 Å². The second-order valence-electron chi connectivity index (χ2n) is 2.24. The molecule has 0 radical (unpaired) electrons. The van der Waals surface area contributed by atoms with Crippen LogP contribution in [0.25, 0.3) is 0 Å². The second kappa shape index (κ2) is 6.39. The molecule has 0 saturated carbocycles. The Bertz CT molecular complexity index is 246. The van der Waals surface area contributed by atoms with Gasteiger partial charge >= 0.3 is 0 Å². The standard InChI is InChI=1S/C6H12O5S2/c1-2-3-6(12-7)4-11-5-13(8,9)10/h2-3,6-7H,4-5H2,1H3,(H,8,9,10)/b3-2-. The van der Waals surface area contributed by atoms with Crippen LogP contribution < -0.4 is 0 Å². The average Bonchev–Trinajstić information content (AvgIpc) is 2.01. The number of rotatable bonds is 6. The first-order valence-corrected chi connectivity index (χ1v) is 5.90.